The van der Waals surface area contributed by atoms with Gasteiger partial charge in [0.2, 0.25) is 0 Å². The average Bonchev–Trinajstić information content (AvgIpc) is 1.69. The summed E-state index contributed by atoms with van der Waals surface area (Å²) in [5, 5.41) is 0. The van der Waals surface area contributed by atoms with Gasteiger partial charge in [-0.2, -0.15) is 0 Å². The first kappa shape index (κ1) is 5.15. The fourth-order valence-electron chi connectivity index (χ4n) is 0.378. The Labute approximate surface area is 56.5 Å². The van der Waals surface area contributed by atoms with Crippen molar-refractivity contribution >= 4 is 25.9 Å². The molecule has 0 N–H and O–H groups in total. The SMILES string of the molecule is [TeH]c1cc[c]cc1. The van der Waals surface area contributed by atoms with Crippen molar-refractivity contribution in [2.24, 2.45) is 0 Å². The van der Waals surface area contributed by atoms with E-state index in [1.807, 2.05) is 12.1 Å². The van der Waals surface area contributed by atoms with Crippen molar-refractivity contribution in [3.05, 3.63) is 30.3 Å². The average molecular weight is 205 g/mol. The standard InChI is InChI=1S/C6H5Te/c7-6-4-2-1-3-5-6/h2-5,7H. The number of hydrogen-bond donors (Lipinski definition) is 0. The normalized spacial score (nSPS) is 8.71. The Morgan fingerprint density at radius 3 is 2.14 bits per heavy atom. The van der Waals surface area contributed by atoms with E-state index < -0.39 is 0 Å². The van der Waals surface area contributed by atoms with Gasteiger partial charge in [0, 0.05) is 0 Å². The molecule has 0 aliphatic heterocycles. The van der Waals surface area contributed by atoms with Crippen molar-refractivity contribution in [3.63, 3.8) is 0 Å². The summed E-state index contributed by atoms with van der Waals surface area (Å²) >= 11 is 1.74. The minimum absolute atomic E-state index is 1.34. The number of rotatable bonds is 0. The fraction of sp³-hybridized carbons (Fsp3) is 0. The molecule has 0 aromatic heterocycles. The monoisotopic (exact) mass is 207 g/mol. The third kappa shape index (κ3) is 1.51. The van der Waals surface area contributed by atoms with Gasteiger partial charge < -0.3 is 0 Å². The van der Waals surface area contributed by atoms with E-state index in [1.165, 1.54) is 3.61 Å². The molecule has 0 aliphatic carbocycles. The first-order valence-corrected chi connectivity index (χ1v) is 3.32. The summed E-state index contributed by atoms with van der Waals surface area (Å²) in [7, 11) is 0. The van der Waals surface area contributed by atoms with Crippen LogP contribution >= 0.6 is 0 Å². The van der Waals surface area contributed by atoms with Crippen molar-refractivity contribution < 1.29 is 0 Å². The van der Waals surface area contributed by atoms with E-state index in [0.717, 1.165) is 0 Å². The molecule has 0 amide bonds. The zero-order valence-electron chi connectivity index (χ0n) is 3.76. The van der Waals surface area contributed by atoms with Crippen LogP contribution in [-0.4, -0.2) is 22.3 Å². The first-order valence-electron chi connectivity index (χ1n) is 2.04. The summed E-state index contributed by atoms with van der Waals surface area (Å²) in [6.45, 7) is 0. The Morgan fingerprint density at radius 1 is 1.29 bits per heavy atom. The first-order chi connectivity index (χ1) is 3.39. The third-order valence-electron chi connectivity index (χ3n) is 0.701. The van der Waals surface area contributed by atoms with E-state index in [4.69, 9.17) is 0 Å². The van der Waals surface area contributed by atoms with Crippen molar-refractivity contribution in [1.82, 2.24) is 0 Å². The van der Waals surface area contributed by atoms with Crippen LogP contribution < -0.4 is 3.61 Å². The summed E-state index contributed by atoms with van der Waals surface area (Å²) < 4.78 is 1.34. The second kappa shape index (κ2) is 2.35. The van der Waals surface area contributed by atoms with E-state index in [-0.39, 0.29) is 0 Å². The van der Waals surface area contributed by atoms with Gasteiger partial charge in [0.15, 0.2) is 0 Å². The van der Waals surface area contributed by atoms with Crippen molar-refractivity contribution in [3.8, 4) is 0 Å². The molecule has 0 saturated heterocycles. The van der Waals surface area contributed by atoms with E-state index in [1.54, 1.807) is 22.3 Å². The Kier molecular flexibility index (Phi) is 1.73. The molecule has 1 radical (unpaired) electrons. The summed E-state index contributed by atoms with van der Waals surface area (Å²) in [5.74, 6) is 0. The van der Waals surface area contributed by atoms with Crippen LogP contribution in [0.4, 0.5) is 0 Å². The topological polar surface area (TPSA) is 0 Å². The van der Waals surface area contributed by atoms with Gasteiger partial charge in [-0.25, -0.2) is 0 Å². The Bertz CT molecular complexity index is 134. The van der Waals surface area contributed by atoms with Gasteiger partial charge in [-0.3, -0.25) is 0 Å². The molecule has 1 rings (SSSR count). The molecule has 0 unspecified atom stereocenters. The predicted octanol–water partition coefficient (Wildman–Crippen LogP) is 0.0129. The molecule has 0 atom stereocenters. The molecule has 35 valence electrons. The molecule has 0 nitrogen and oxygen atoms in total. The molecule has 0 fully saturated rings. The third-order valence-corrected chi connectivity index (χ3v) is 1.55. The molecule has 0 heterocycles. The molecular weight excluding hydrogens is 200 g/mol. The Hall–Kier alpha value is 0.00961. The zero-order valence-corrected chi connectivity index (χ0v) is 6.31. The van der Waals surface area contributed by atoms with E-state index in [2.05, 4.69) is 18.2 Å². The van der Waals surface area contributed by atoms with Crippen LogP contribution in [-0.2, 0) is 0 Å². The van der Waals surface area contributed by atoms with Crippen molar-refractivity contribution in [1.29, 1.82) is 0 Å². The molecule has 0 spiro atoms. The zero-order chi connectivity index (χ0) is 5.11. The summed E-state index contributed by atoms with van der Waals surface area (Å²) in [5.41, 5.74) is 0. The maximum atomic E-state index is 2.94. The van der Waals surface area contributed by atoms with Gasteiger partial charge in [-0.15, -0.1) is 0 Å². The van der Waals surface area contributed by atoms with Gasteiger partial charge in [-0.1, -0.05) is 0 Å². The fourth-order valence-corrected chi connectivity index (χ4v) is 0.804. The van der Waals surface area contributed by atoms with Crippen LogP contribution in [0.15, 0.2) is 24.3 Å². The molecule has 1 aromatic carbocycles. The van der Waals surface area contributed by atoms with Crippen LogP contribution in [0.2, 0.25) is 0 Å². The van der Waals surface area contributed by atoms with Gasteiger partial charge in [0.1, 0.15) is 0 Å². The molecule has 0 aliphatic rings. The van der Waals surface area contributed by atoms with Gasteiger partial charge >= 0.3 is 56.2 Å². The summed E-state index contributed by atoms with van der Waals surface area (Å²) in [6.07, 6.45) is 0. The summed E-state index contributed by atoms with van der Waals surface area (Å²) in [4.78, 5) is 0. The Balaban J connectivity index is 3.02. The maximum absolute atomic E-state index is 2.94. The quantitative estimate of drug-likeness (QED) is 0.523. The predicted molar refractivity (Wildman–Crippen MR) is 32.1 cm³/mol. The minimum atomic E-state index is 1.34. The second-order valence-corrected chi connectivity index (χ2v) is 2.73. The molecule has 0 saturated carbocycles. The van der Waals surface area contributed by atoms with Crippen LogP contribution in [0.1, 0.15) is 0 Å². The van der Waals surface area contributed by atoms with Gasteiger partial charge in [0.05, 0.1) is 0 Å². The number of hydrogen-bond acceptors (Lipinski definition) is 0. The van der Waals surface area contributed by atoms with E-state index in [9.17, 15) is 0 Å². The molecule has 1 heteroatoms. The summed E-state index contributed by atoms with van der Waals surface area (Å²) in [6, 6.07) is 10.9. The van der Waals surface area contributed by atoms with Crippen LogP contribution in [0.25, 0.3) is 0 Å². The van der Waals surface area contributed by atoms with Crippen LogP contribution in [0, 0.1) is 6.07 Å². The van der Waals surface area contributed by atoms with Crippen LogP contribution in [0.5, 0.6) is 0 Å². The molecular formula is C6H5Te. The van der Waals surface area contributed by atoms with Gasteiger partial charge in [-0.05, 0) is 0 Å². The second-order valence-electron chi connectivity index (χ2n) is 1.26. The van der Waals surface area contributed by atoms with Gasteiger partial charge in [0.25, 0.3) is 0 Å². The molecule has 0 bridgehead atoms. The van der Waals surface area contributed by atoms with Crippen molar-refractivity contribution in [2.45, 2.75) is 0 Å². The van der Waals surface area contributed by atoms with Crippen LogP contribution in [0.3, 0.4) is 0 Å². The van der Waals surface area contributed by atoms with E-state index in [0.29, 0.717) is 0 Å². The molecule has 1 aromatic rings. The van der Waals surface area contributed by atoms with E-state index >= 15 is 0 Å². The number of benzene rings is 1. The van der Waals surface area contributed by atoms with Crippen molar-refractivity contribution in [2.75, 3.05) is 0 Å². The molecule has 7 heavy (non-hydrogen) atoms. The Morgan fingerprint density at radius 2 is 1.86 bits per heavy atom.